The van der Waals surface area contributed by atoms with Crippen molar-refractivity contribution in [1.82, 2.24) is 20.4 Å². The molecule has 8 nitrogen and oxygen atoms in total. The number of carbonyl (C=O) groups excluding carboxylic acids is 2. The molecular weight excluding hydrogens is 410 g/mol. The molecule has 0 aromatic carbocycles. The number of anilines is 1. The zero-order valence-corrected chi connectivity index (χ0v) is 18.7. The first kappa shape index (κ1) is 22.3. The van der Waals surface area contributed by atoms with Crippen molar-refractivity contribution in [3.63, 3.8) is 0 Å². The van der Waals surface area contributed by atoms with Crippen LogP contribution in [-0.2, 0) is 14.3 Å². The summed E-state index contributed by atoms with van der Waals surface area (Å²) in [4.78, 5) is 28.4. The van der Waals surface area contributed by atoms with Crippen LogP contribution in [0.4, 0.5) is 5.13 Å². The third-order valence-electron chi connectivity index (χ3n) is 5.49. The molecule has 1 saturated heterocycles. The molecule has 1 aromatic heterocycles. The van der Waals surface area contributed by atoms with Crippen LogP contribution in [0.1, 0.15) is 38.5 Å². The fourth-order valence-corrected chi connectivity index (χ4v) is 5.51. The minimum atomic E-state index is -0.0338. The minimum absolute atomic E-state index is 0.0338. The van der Waals surface area contributed by atoms with Crippen molar-refractivity contribution < 1.29 is 14.3 Å². The lowest BCUT2D eigenvalue weighted by Crippen LogP contribution is -2.48. The van der Waals surface area contributed by atoms with Crippen molar-refractivity contribution in [3.05, 3.63) is 0 Å². The average molecular weight is 442 g/mol. The van der Waals surface area contributed by atoms with E-state index in [0.29, 0.717) is 31.2 Å². The molecule has 1 aliphatic carbocycles. The number of hydrogen-bond acceptors (Lipinski definition) is 8. The fourth-order valence-electron chi connectivity index (χ4n) is 3.79. The molecule has 1 aliphatic heterocycles. The Bertz CT molecular complexity index is 658. The molecule has 3 rings (SSSR count). The summed E-state index contributed by atoms with van der Waals surface area (Å²) in [6, 6.07) is 0. The second-order valence-electron chi connectivity index (χ2n) is 7.54. The Morgan fingerprint density at radius 3 is 2.69 bits per heavy atom. The summed E-state index contributed by atoms with van der Waals surface area (Å²) in [7, 11) is 1.61. The molecular formula is C19H31N5O3S2. The molecule has 0 unspecified atom stereocenters. The van der Waals surface area contributed by atoms with Gasteiger partial charge in [-0.1, -0.05) is 48.8 Å². The van der Waals surface area contributed by atoms with E-state index in [2.05, 4.69) is 20.4 Å². The number of ether oxygens (including phenoxy) is 1. The Kier molecular flexibility index (Phi) is 9.00. The van der Waals surface area contributed by atoms with Gasteiger partial charge in [0.2, 0.25) is 16.9 Å². The first-order chi connectivity index (χ1) is 14.2. The SMILES string of the molecule is COCCNC(=O)CSc1nnc(N2CCN(C(=O)CCC3CCCC3)CC2)s1. The summed E-state index contributed by atoms with van der Waals surface area (Å²) in [5.41, 5.74) is 0. The van der Waals surface area contributed by atoms with Crippen LogP contribution in [0.3, 0.4) is 0 Å². The first-order valence-corrected chi connectivity index (χ1v) is 12.2. The van der Waals surface area contributed by atoms with Gasteiger partial charge in [0.1, 0.15) is 0 Å². The van der Waals surface area contributed by atoms with Crippen molar-refractivity contribution >= 4 is 40.0 Å². The minimum Gasteiger partial charge on any atom is -0.383 e. The molecule has 29 heavy (non-hydrogen) atoms. The first-order valence-electron chi connectivity index (χ1n) is 10.4. The molecule has 0 radical (unpaired) electrons. The standard InChI is InChI=1S/C19H31N5O3S2/c1-27-13-8-20-16(25)14-28-19-22-21-18(29-19)24-11-9-23(10-12-24)17(26)7-6-15-4-2-3-5-15/h15H,2-14H2,1H3,(H,20,25). The van der Waals surface area contributed by atoms with Gasteiger partial charge >= 0.3 is 0 Å². The Hall–Kier alpha value is -1.39. The number of rotatable bonds is 10. The van der Waals surface area contributed by atoms with Crippen LogP contribution < -0.4 is 10.2 Å². The van der Waals surface area contributed by atoms with Crippen LogP contribution in [0.25, 0.3) is 0 Å². The van der Waals surface area contributed by atoms with Crippen molar-refractivity contribution in [1.29, 1.82) is 0 Å². The predicted octanol–water partition coefficient (Wildman–Crippen LogP) is 2.01. The van der Waals surface area contributed by atoms with Crippen LogP contribution in [0, 0.1) is 5.92 Å². The van der Waals surface area contributed by atoms with E-state index in [1.165, 1.54) is 48.8 Å². The van der Waals surface area contributed by atoms with Gasteiger partial charge in [-0.25, -0.2) is 0 Å². The van der Waals surface area contributed by atoms with E-state index in [1.54, 1.807) is 7.11 Å². The predicted molar refractivity (Wildman–Crippen MR) is 116 cm³/mol. The number of aromatic nitrogens is 2. The highest BCUT2D eigenvalue weighted by Gasteiger charge is 2.24. The molecule has 2 amide bonds. The number of nitrogens with one attached hydrogen (secondary N) is 1. The van der Waals surface area contributed by atoms with E-state index in [0.717, 1.165) is 48.0 Å². The number of carbonyl (C=O) groups is 2. The zero-order valence-electron chi connectivity index (χ0n) is 17.1. The highest BCUT2D eigenvalue weighted by molar-refractivity contribution is 8.01. The second kappa shape index (κ2) is 11.7. The molecule has 2 aliphatic rings. The second-order valence-corrected chi connectivity index (χ2v) is 9.72. The normalized spacial score (nSPS) is 17.7. The number of piperazine rings is 1. The molecule has 0 bridgehead atoms. The number of thioether (sulfide) groups is 1. The van der Waals surface area contributed by atoms with Crippen molar-refractivity contribution in [3.8, 4) is 0 Å². The fraction of sp³-hybridized carbons (Fsp3) is 0.789. The summed E-state index contributed by atoms with van der Waals surface area (Å²) in [6.07, 6.45) is 7.00. The largest absolute Gasteiger partial charge is 0.383 e. The van der Waals surface area contributed by atoms with Crippen molar-refractivity contribution in [2.45, 2.75) is 42.9 Å². The van der Waals surface area contributed by atoms with Gasteiger partial charge in [0, 0.05) is 46.3 Å². The van der Waals surface area contributed by atoms with Gasteiger partial charge in [-0.05, 0) is 12.3 Å². The van der Waals surface area contributed by atoms with Gasteiger partial charge in [0.25, 0.3) is 0 Å². The summed E-state index contributed by atoms with van der Waals surface area (Å²) in [6.45, 7) is 4.08. The Morgan fingerprint density at radius 1 is 1.21 bits per heavy atom. The molecule has 0 spiro atoms. The third kappa shape index (κ3) is 7.11. The molecule has 1 saturated carbocycles. The smallest absolute Gasteiger partial charge is 0.230 e. The maximum Gasteiger partial charge on any atom is 0.230 e. The zero-order chi connectivity index (χ0) is 20.5. The molecule has 2 fully saturated rings. The topological polar surface area (TPSA) is 87.7 Å². The Morgan fingerprint density at radius 2 is 1.97 bits per heavy atom. The van der Waals surface area contributed by atoms with Crippen LogP contribution in [0.5, 0.6) is 0 Å². The van der Waals surface area contributed by atoms with E-state index in [4.69, 9.17) is 4.74 Å². The van der Waals surface area contributed by atoms with Gasteiger partial charge in [0.05, 0.1) is 12.4 Å². The van der Waals surface area contributed by atoms with Crippen molar-refractivity contribution in [2.24, 2.45) is 5.92 Å². The Balaban J connectivity index is 1.36. The monoisotopic (exact) mass is 441 g/mol. The number of hydrogen-bond donors (Lipinski definition) is 1. The third-order valence-corrected chi connectivity index (χ3v) is 7.61. The van der Waals surface area contributed by atoms with E-state index in [-0.39, 0.29) is 5.91 Å². The van der Waals surface area contributed by atoms with E-state index in [1.807, 2.05) is 4.90 Å². The highest BCUT2D eigenvalue weighted by Crippen LogP contribution is 2.30. The van der Waals surface area contributed by atoms with Crippen LogP contribution >= 0.6 is 23.1 Å². The van der Waals surface area contributed by atoms with E-state index >= 15 is 0 Å². The summed E-state index contributed by atoms with van der Waals surface area (Å²) in [5.74, 6) is 1.35. The lowest BCUT2D eigenvalue weighted by molar-refractivity contribution is -0.131. The number of amides is 2. The summed E-state index contributed by atoms with van der Waals surface area (Å²) < 4.78 is 5.70. The number of nitrogens with zero attached hydrogens (tertiary/aromatic N) is 4. The molecule has 1 N–H and O–H groups in total. The summed E-state index contributed by atoms with van der Waals surface area (Å²) in [5, 5.41) is 12.1. The van der Waals surface area contributed by atoms with Gasteiger partial charge < -0.3 is 19.9 Å². The quantitative estimate of drug-likeness (QED) is 0.439. The van der Waals surface area contributed by atoms with Crippen LogP contribution in [0.2, 0.25) is 0 Å². The van der Waals surface area contributed by atoms with Gasteiger partial charge in [-0.3, -0.25) is 9.59 Å². The number of methoxy groups -OCH3 is 1. The molecule has 162 valence electrons. The van der Waals surface area contributed by atoms with Crippen LogP contribution in [0.15, 0.2) is 4.34 Å². The lowest BCUT2D eigenvalue weighted by atomic mass is 10.0. The molecule has 10 heteroatoms. The molecule has 0 atom stereocenters. The van der Waals surface area contributed by atoms with Gasteiger partial charge in [-0.2, -0.15) is 0 Å². The van der Waals surface area contributed by atoms with E-state index in [9.17, 15) is 9.59 Å². The maximum atomic E-state index is 12.5. The van der Waals surface area contributed by atoms with Crippen molar-refractivity contribution in [2.75, 3.05) is 57.1 Å². The molecule has 1 aromatic rings. The maximum absolute atomic E-state index is 12.5. The lowest BCUT2D eigenvalue weighted by Gasteiger charge is -2.34. The van der Waals surface area contributed by atoms with E-state index < -0.39 is 0 Å². The Labute approximate surface area is 180 Å². The average Bonchev–Trinajstić information content (AvgIpc) is 3.43. The van der Waals surface area contributed by atoms with Crippen LogP contribution in [-0.4, -0.2) is 79.1 Å². The summed E-state index contributed by atoms with van der Waals surface area (Å²) >= 11 is 2.90. The highest BCUT2D eigenvalue weighted by atomic mass is 32.2. The van der Waals surface area contributed by atoms with Gasteiger partial charge in [-0.15, -0.1) is 10.2 Å². The molecule has 2 heterocycles. The van der Waals surface area contributed by atoms with Gasteiger partial charge in [0.15, 0.2) is 4.34 Å².